The summed E-state index contributed by atoms with van der Waals surface area (Å²) in [6.45, 7) is 6.36. The zero-order chi connectivity index (χ0) is 39.4. The summed E-state index contributed by atoms with van der Waals surface area (Å²) in [5, 5.41) is 0. The Labute approximate surface area is 333 Å². The molecule has 1 unspecified atom stereocenters. The van der Waals surface area contributed by atoms with Crippen LogP contribution in [0.3, 0.4) is 0 Å². The summed E-state index contributed by atoms with van der Waals surface area (Å²) in [6, 6.07) is 0. The van der Waals surface area contributed by atoms with E-state index in [2.05, 4.69) is 57.2 Å². The molecule has 0 saturated carbocycles. The quantitative estimate of drug-likeness (QED) is 0.0268. The van der Waals surface area contributed by atoms with Crippen molar-refractivity contribution in [2.75, 3.05) is 13.2 Å². The molecule has 0 aromatic rings. The summed E-state index contributed by atoms with van der Waals surface area (Å²) in [5.74, 6) is -1.05. The molecule has 1 atom stereocenters. The molecular weight excluding hydrogens is 673 g/mol. The highest BCUT2D eigenvalue weighted by Crippen LogP contribution is 2.15. The SMILES string of the molecule is CC/C=C\C/C=C\C/C=C\CC(=O)OCC(COC(=O)CCCCCCCCCCCCCCCCCCC)OC(=O)CCCCCC/C=C\CCCC. The zero-order valence-corrected chi connectivity index (χ0v) is 35.5. The van der Waals surface area contributed by atoms with E-state index < -0.39 is 12.1 Å². The number of esters is 3. The lowest BCUT2D eigenvalue weighted by atomic mass is 10.0. The molecule has 0 aliphatic rings. The number of carbonyl (C=O) groups is 3. The predicted octanol–water partition coefficient (Wildman–Crippen LogP) is 14.4. The zero-order valence-electron chi connectivity index (χ0n) is 35.5. The van der Waals surface area contributed by atoms with E-state index in [4.69, 9.17) is 14.2 Å². The van der Waals surface area contributed by atoms with Gasteiger partial charge < -0.3 is 14.2 Å². The first-order chi connectivity index (χ1) is 26.5. The second kappa shape index (κ2) is 43.1. The van der Waals surface area contributed by atoms with Gasteiger partial charge in [0.25, 0.3) is 0 Å². The Balaban J connectivity index is 4.33. The highest BCUT2D eigenvalue weighted by atomic mass is 16.6. The van der Waals surface area contributed by atoms with Crippen LogP contribution >= 0.6 is 0 Å². The monoisotopic (exact) mass is 757 g/mol. The van der Waals surface area contributed by atoms with Crippen LogP contribution in [0.25, 0.3) is 0 Å². The molecular formula is C48H84O6. The Kier molecular flexibility index (Phi) is 41.0. The molecule has 0 radical (unpaired) electrons. The lowest BCUT2D eigenvalue weighted by Crippen LogP contribution is -2.30. The van der Waals surface area contributed by atoms with Gasteiger partial charge in [0.1, 0.15) is 13.2 Å². The number of allylic oxidation sites excluding steroid dienone is 7. The number of rotatable bonds is 40. The lowest BCUT2D eigenvalue weighted by molar-refractivity contribution is -0.166. The van der Waals surface area contributed by atoms with E-state index in [9.17, 15) is 14.4 Å². The van der Waals surface area contributed by atoms with Crippen molar-refractivity contribution in [2.45, 2.75) is 226 Å². The van der Waals surface area contributed by atoms with E-state index >= 15 is 0 Å². The largest absolute Gasteiger partial charge is 0.462 e. The first-order valence-corrected chi connectivity index (χ1v) is 22.6. The molecule has 0 amide bonds. The smallest absolute Gasteiger partial charge is 0.309 e. The van der Waals surface area contributed by atoms with Crippen LogP contribution in [0.5, 0.6) is 0 Å². The Morgan fingerprint density at radius 3 is 1.33 bits per heavy atom. The molecule has 54 heavy (non-hydrogen) atoms. The van der Waals surface area contributed by atoms with E-state index in [1.54, 1.807) is 6.08 Å². The second-order valence-electron chi connectivity index (χ2n) is 14.9. The van der Waals surface area contributed by atoms with Gasteiger partial charge in [-0.1, -0.05) is 198 Å². The average Bonchev–Trinajstić information content (AvgIpc) is 3.17. The average molecular weight is 757 g/mol. The van der Waals surface area contributed by atoms with Crippen LogP contribution in [0.2, 0.25) is 0 Å². The van der Waals surface area contributed by atoms with Crippen LogP contribution < -0.4 is 0 Å². The normalized spacial score (nSPS) is 12.4. The highest BCUT2D eigenvalue weighted by Gasteiger charge is 2.19. The molecule has 0 fully saturated rings. The van der Waals surface area contributed by atoms with Crippen molar-refractivity contribution in [1.82, 2.24) is 0 Å². The number of unbranched alkanes of at least 4 members (excludes halogenated alkanes) is 22. The minimum absolute atomic E-state index is 0.103. The molecule has 0 aliphatic heterocycles. The molecule has 0 bridgehead atoms. The fourth-order valence-electron chi connectivity index (χ4n) is 6.19. The standard InChI is InChI=1S/C48H84O6/c1-4-7-10-13-16-19-21-22-23-24-25-26-27-30-32-35-38-41-47(50)53-44-45(43-52-46(49)40-37-34-31-28-18-15-12-9-6-3)54-48(51)42-39-36-33-29-20-17-14-11-8-5-2/h9,12,14,17-18,28,34,37,45H,4-8,10-11,13,15-16,19-27,29-33,35-36,38-44H2,1-3H3/b12-9-,17-14-,28-18-,37-34-. The number of hydrogen-bond donors (Lipinski definition) is 0. The molecule has 0 N–H and O–H groups in total. The van der Waals surface area contributed by atoms with Gasteiger partial charge in [-0.25, -0.2) is 0 Å². The Hall–Kier alpha value is -2.63. The first kappa shape index (κ1) is 51.4. The third kappa shape index (κ3) is 40.6. The number of carbonyl (C=O) groups excluding carboxylic acids is 3. The van der Waals surface area contributed by atoms with Gasteiger partial charge in [0.05, 0.1) is 6.42 Å². The van der Waals surface area contributed by atoms with Crippen molar-refractivity contribution in [1.29, 1.82) is 0 Å². The fourth-order valence-corrected chi connectivity index (χ4v) is 6.19. The van der Waals surface area contributed by atoms with Crippen LogP contribution in [-0.2, 0) is 28.6 Å². The van der Waals surface area contributed by atoms with E-state index in [-0.39, 0.29) is 31.6 Å². The maximum atomic E-state index is 12.6. The van der Waals surface area contributed by atoms with Gasteiger partial charge in [-0.15, -0.1) is 0 Å². The molecule has 6 heteroatoms. The second-order valence-corrected chi connectivity index (χ2v) is 14.9. The summed E-state index contributed by atoms with van der Waals surface area (Å²) < 4.78 is 16.5. The van der Waals surface area contributed by atoms with Gasteiger partial charge in [-0.2, -0.15) is 0 Å². The van der Waals surface area contributed by atoms with Crippen molar-refractivity contribution in [3.8, 4) is 0 Å². The van der Waals surface area contributed by atoms with Crippen molar-refractivity contribution >= 4 is 17.9 Å². The van der Waals surface area contributed by atoms with Gasteiger partial charge in [-0.05, 0) is 51.4 Å². The minimum atomic E-state index is -0.808. The molecule has 0 saturated heterocycles. The Morgan fingerprint density at radius 2 is 0.815 bits per heavy atom. The first-order valence-electron chi connectivity index (χ1n) is 22.6. The molecule has 0 heterocycles. The molecule has 0 spiro atoms. The maximum absolute atomic E-state index is 12.6. The Bertz CT molecular complexity index is 964. The van der Waals surface area contributed by atoms with Gasteiger partial charge in [-0.3, -0.25) is 14.4 Å². The lowest BCUT2D eigenvalue weighted by Gasteiger charge is -2.18. The maximum Gasteiger partial charge on any atom is 0.309 e. The van der Waals surface area contributed by atoms with Crippen molar-refractivity contribution in [2.24, 2.45) is 0 Å². The van der Waals surface area contributed by atoms with Gasteiger partial charge in [0, 0.05) is 12.8 Å². The van der Waals surface area contributed by atoms with Gasteiger partial charge in [0.15, 0.2) is 6.10 Å². The summed E-state index contributed by atoms with van der Waals surface area (Å²) in [5.41, 5.74) is 0. The van der Waals surface area contributed by atoms with E-state index in [1.165, 1.54) is 103 Å². The Morgan fingerprint density at radius 1 is 0.407 bits per heavy atom. The summed E-state index contributed by atoms with van der Waals surface area (Å²) in [6.07, 6.45) is 49.9. The summed E-state index contributed by atoms with van der Waals surface area (Å²) in [4.78, 5) is 37.5. The third-order valence-corrected chi connectivity index (χ3v) is 9.60. The number of ether oxygens (including phenoxy) is 3. The van der Waals surface area contributed by atoms with Crippen molar-refractivity contribution < 1.29 is 28.6 Å². The summed E-state index contributed by atoms with van der Waals surface area (Å²) >= 11 is 0. The van der Waals surface area contributed by atoms with Crippen LogP contribution in [0, 0.1) is 0 Å². The molecule has 0 aromatic heterocycles. The molecule has 0 rings (SSSR count). The molecule has 312 valence electrons. The summed E-state index contributed by atoms with van der Waals surface area (Å²) in [7, 11) is 0. The molecule has 0 aliphatic carbocycles. The van der Waals surface area contributed by atoms with Gasteiger partial charge in [0.2, 0.25) is 0 Å². The van der Waals surface area contributed by atoms with Crippen LogP contribution in [0.1, 0.15) is 220 Å². The topological polar surface area (TPSA) is 78.9 Å². The molecule has 0 aromatic carbocycles. The van der Waals surface area contributed by atoms with Crippen LogP contribution in [0.4, 0.5) is 0 Å². The highest BCUT2D eigenvalue weighted by molar-refractivity contribution is 5.72. The van der Waals surface area contributed by atoms with E-state index in [1.807, 2.05) is 6.08 Å². The van der Waals surface area contributed by atoms with Crippen LogP contribution in [-0.4, -0.2) is 37.2 Å². The predicted molar refractivity (Wildman–Crippen MR) is 229 cm³/mol. The van der Waals surface area contributed by atoms with E-state index in [0.29, 0.717) is 12.8 Å². The van der Waals surface area contributed by atoms with E-state index in [0.717, 1.165) is 77.0 Å². The van der Waals surface area contributed by atoms with Crippen LogP contribution in [0.15, 0.2) is 48.6 Å². The van der Waals surface area contributed by atoms with Gasteiger partial charge >= 0.3 is 17.9 Å². The fraction of sp³-hybridized carbons (Fsp3) is 0.771. The van der Waals surface area contributed by atoms with Crippen molar-refractivity contribution in [3.05, 3.63) is 48.6 Å². The number of hydrogen-bond acceptors (Lipinski definition) is 6. The molecule has 6 nitrogen and oxygen atoms in total. The minimum Gasteiger partial charge on any atom is -0.462 e. The third-order valence-electron chi connectivity index (χ3n) is 9.60. The van der Waals surface area contributed by atoms with Crippen molar-refractivity contribution in [3.63, 3.8) is 0 Å².